The highest BCUT2D eigenvalue weighted by molar-refractivity contribution is 5.95. The number of carbonyl (C=O) groups excluding carboxylic acids is 2. The number of benzene rings is 1. The molecule has 2 amide bonds. The van der Waals surface area contributed by atoms with Crippen molar-refractivity contribution in [3.8, 4) is 0 Å². The minimum Gasteiger partial charge on any atom is -0.460 e. The maximum atomic E-state index is 14.1. The minimum atomic E-state index is -0.904. The summed E-state index contributed by atoms with van der Waals surface area (Å²) in [5, 5.41) is 5.08. The zero-order valence-electron chi connectivity index (χ0n) is 13.9. The van der Waals surface area contributed by atoms with Crippen LogP contribution in [0.5, 0.6) is 0 Å². The first-order chi connectivity index (χ1) is 11.4. The summed E-state index contributed by atoms with van der Waals surface area (Å²) in [5.74, 6) is -1.13. The Balaban J connectivity index is 2.19. The van der Waals surface area contributed by atoms with E-state index in [1.165, 1.54) is 12.1 Å². The SMILES string of the molecule is CC1=C(C(=O)OCCOC(C)C)[C@@H](c2ccccc2F)NC(=O)N1. The molecule has 0 bridgehead atoms. The molecule has 0 saturated heterocycles. The van der Waals surface area contributed by atoms with Crippen LogP contribution in [-0.2, 0) is 14.3 Å². The second kappa shape index (κ2) is 7.92. The van der Waals surface area contributed by atoms with Crippen molar-refractivity contribution in [3.63, 3.8) is 0 Å². The lowest BCUT2D eigenvalue weighted by atomic mass is 9.95. The molecule has 2 rings (SSSR count). The zero-order valence-corrected chi connectivity index (χ0v) is 13.9. The van der Waals surface area contributed by atoms with Crippen LogP contribution in [0, 0.1) is 5.82 Å². The van der Waals surface area contributed by atoms with Gasteiger partial charge in [-0.15, -0.1) is 0 Å². The molecule has 1 heterocycles. The summed E-state index contributed by atoms with van der Waals surface area (Å²) in [4.78, 5) is 24.1. The highest BCUT2D eigenvalue weighted by Gasteiger charge is 2.33. The molecule has 1 aromatic carbocycles. The molecular formula is C17H21FN2O4. The summed E-state index contributed by atoms with van der Waals surface area (Å²) in [5.41, 5.74) is 0.711. The maximum absolute atomic E-state index is 14.1. The second-order valence-electron chi connectivity index (χ2n) is 5.65. The Labute approximate surface area is 140 Å². The van der Waals surface area contributed by atoms with Crippen molar-refractivity contribution in [2.75, 3.05) is 13.2 Å². The molecule has 1 aliphatic rings. The molecule has 0 aliphatic carbocycles. The van der Waals surface area contributed by atoms with E-state index in [-0.39, 0.29) is 30.5 Å². The third-order valence-corrected chi connectivity index (χ3v) is 3.47. The molecule has 1 aliphatic heterocycles. The number of hydrogen-bond donors (Lipinski definition) is 2. The van der Waals surface area contributed by atoms with Crippen molar-refractivity contribution in [2.24, 2.45) is 0 Å². The van der Waals surface area contributed by atoms with Crippen molar-refractivity contribution >= 4 is 12.0 Å². The normalized spacial score (nSPS) is 17.5. The Bertz CT molecular complexity index is 658. The molecule has 0 unspecified atom stereocenters. The molecule has 24 heavy (non-hydrogen) atoms. The first-order valence-electron chi connectivity index (χ1n) is 7.71. The van der Waals surface area contributed by atoms with Gasteiger partial charge in [-0.1, -0.05) is 18.2 Å². The maximum Gasteiger partial charge on any atom is 0.338 e. The average Bonchev–Trinajstić information content (AvgIpc) is 2.51. The van der Waals surface area contributed by atoms with Gasteiger partial charge in [-0.05, 0) is 26.8 Å². The van der Waals surface area contributed by atoms with Crippen LogP contribution in [0.15, 0.2) is 35.5 Å². The minimum absolute atomic E-state index is 0.0338. The van der Waals surface area contributed by atoms with E-state index in [0.29, 0.717) is 5.70 Å². The van der Waals surface area contributed by atoms with E-state index < -0.39 is 23.9 Å². The third-order valence-electron chi connectivity index (χ3n) is 3.47. The van der Waals surface area contributed by atoms with Gasteiger partial charge in [-0.3, -0.25) is 0 Å². The Hall–Kier alpha value is -2.41. The van der Waals surface area contributed by atoms with Crippen LogP contribution >= 0.6 is 0 Å². The van der Waals surface area contributed by atoms with Gasteiger partial charge in [0.1, 0.15) is 12.4 Å². The second-order valence-corrected chi connectivity index (χ2v) is 5.65. The Morgan fingerprint density at radius 1 is 1.29 bits per heavy atom. The number of nitrogens with one attached hydrogen (secondary N) is 2. The fraction of sp³-hybridized carbons (Fsp3) is 0.412. The Morgan fingerprint density at radius 3 is 2.67 bits per heavy atom. The molecule has 2 N–H and O–H groups in total. The first-order valence-corrected chi connectivity index (χ1v) is 7.71. The fourth-order valence-electron chi connectivity index (χ4n) is 2.40. The van der Waals surface area contributed by atoms with E-state index >= 15 is 0 Å². The molecule has 1 aromatic rings. The average molecular weight is 336 g/mol. The molecular weight excluding hydrogens is 315 g/mol. The molecule has 6 nitrogen and oxygen atoms in total. The van der Waals surface area contributed by atoms with Crippen LogP contribution in [0.1, 0.15) is 32.4 Å². The van der Waals surface area contributed by atoms with Crippen molar-refractivity contribution in [1.82, 2.24) is 10.6 Å². The largest absolute Gasteiger partial charge is 0.460 e. The molecule has 0 saturated carbocycles. The predicted molar refractivity (Wildman–Crippen MR) is 85.6 cm³/mol. The molecule has 0 aromatic heterocycles. The van der Waals surface area contributed by atoms with Crippen molar-refractivity contribution in [3.05, 3.63) is 46.9 Å². The van der Waals surface area contributed by atoms with Gasteiger partial charge >= 0.3 is 12.0 Å². The van der Waals surface area contributed by atoms with E-state index in [1.807, 2.05) is 13.8 Å². The molecule has 0 radical (unpaired) electrons. The number of allylic oxidation sites excluding steroid dienone is 1. The van der Waals surface area contributed by atoms with Gasteiger partial charge in [0.25, 0.3) is 0 Å². The lowest BCUT2D eigenvalue weighted by Gasteiger charge is -2.28. The lowest BCUT2D eigenvalue weighted by molar-refractivity contribution is -0.141. The van der Waals surface area contributed by atoms with Crippen molar-refractivity contribution in [2.45, 2.75) is 32.9 Å². The summed E-state index contributed by atoms with van der Waals surface area (Å²) < 4.78 is 24.6. The smallest absolute Gasteiger partial charge is 0.338 e. The van der Waals surface area contributed by atoms with Crippen LogP contribution in [0.3, 0.4) is 0 Å². The van der Waals surface area contributed by atoms with Gasteiger partial charge < -0.3 is 20.1 Å². The molecule has 0 spiro atoms. The number of amides is 2. The standard InChI is InChI=1S/C17H21FN2O4/c1-10(2)23-8-9-24-16(21)14-11(3)19-17(22)20-15(14)12-6-4-5-7-13(12)18/h4-7,10,15H,8-9H2,1-3H3,(H2,19,20,22)/t15-/m1/s1. The fourth-order valence-corrected chi connectivity index (χ4v) is 2.40. The topological polar surface area (TPSA) is 76.7 Å². The van der Waals surface area contributed by atoms with Crippen LogP contribution in [-0.4, -0.2) is 31.3 Å². The van der Waals surface area contributed by atoms with Gasteiger partial charge in [0.05, 0.1) is 24.3 Å². The monoisotopic (exact) mass is 336 g/mol. The summed E-state index contributed by atoms with van der Waals surface area (Å²) >= 11 is 0. The van der Waals surface area contributed by atoms with Crippen LogP contribution in [0.4, 0.5) is 9.18 Å². The number of ether oxygens (including phenoxy) is 2. The summed E-state index contributed by atoms with van der Waals surface area (Å²) in [6, 6.07) is 4.58. The van der Waals surface area contributed by atoms with Crippen LogP contribution in [0.25, 0.3) is 0 Å². The van der Waals surface area contributed by atoms with E-state index in [2.05, 4.69) is 10.6 Å². The highest BCUT2D eigenvalue weighted by atomic mass is 19.1. The van der Waals surface area contributed by atoms with Crippen molar-refractivity contribution < 1.29 is 23.5 Å². The number of carbonyl (C=O) groups is 2. The predicted octanol–water partition coefficient (Wildman–Crippen LogP) is 2.42. The summed E-state index contributed by atoms with van der Waals surface area (Å²) in [6.07, 6.45) is 0.0338. The number of halogens is 1. The molecule has 7 heteroatoms. The number of esters is 1. The zero-order chi connectivity index (χ0) is 17.7. The van der Waals surface area contributed by atoms with Crippen LogP contribution < -0.4 is 10.6 Å². The number of hydrogen-bond acceptors (Lipinski definition) is 4. The summed E-state index contributed by atoms with van der Waals surface area (Å²) in [6.45, 7) is 5.67. The number of rotatable bonds is 6. The van der Waals surface area contributed by atoms with Crippen molar-refractivity contribution in [1.29, 1.82) is 0 Å². The van der Waals surface area contributed by atoms with Gasteiger partial charge in [0, 0.05) is 11.3 Å². The first kappa shape index (κ1) is 17.9. The van der Waals surface area contributed by atoms with Gasteiger partial charge in [0.15, 0.2) is 0 Å². The Kier molecular flexibility index (Phi) is 5.92. The van der Waals surface area contributed by atoms with Gasteiger partial charge in [-0.25, -0.2) is 14.0 Å². The summed E-state index contributed by atoms with van der Waals surface area (Å²) in [7, 11) is 0. The molecule has 0 fully saturated rings. The van der Waals surface area contributed by atoms with E-state index in [9.17, 15) is 14.0 Å². The molecule has 1 atom stereocenters. The highest BCUT2D eigenvalue weighted by Crippen LogP contribution is 2.29. The van der Waals surface area contributed by atoms with Crippen LogP contribution in [0.2, 0.25) is 0 Å². The van der Waals surface area contributed by atoms with E-state index in [0.717, 1.165) is 0 Å². The van der Waals surface area contributed by atoms with Gasteiger partial charge in [0.2, 0.25) is 0 Å². The van der Waals surface area contributed by atoms with E-state index in [4.69, 9.17) is 9.47 Å². The van der Waals surface area contributed by atoms with E-state index in [1.54, 1.807) is 19.1 Å². The lowest BCUT2D eigenvalue weighted by Crippen LogP contribution is -2.45. The quantitative estimate of drug-likeness (QED) is 0.618. The molecule has 130 valence electrons. The Morgan fingerprint density at radius 2 is 2.00 bits per heavy atom. The van der Waals surface area contributed by atoms with Gasteiger partial charge in [-0.2, -0.15) is 0 Å². The number of urea groups is 1. The third kappa shape index (κ3) is 4.32.